The number of nitrogens with two attached hydrogens (primary N) is 1. The molecule has 1 aliphatic rings. The van der Waals surface area contributed by atoms with Gasteiger partial charge < -0.3 is 15.4 Å². The molecule has 4 nitrogen and oxygen atoms in total. The molecule has 0 radical (unpaired) electrons. The number of hydrogen-bond acceptors (Lipinski definition) is 3. The molecule has 4 rings (SSSR count). The fourth-order valence-corrected chi connectivity index (χ4v) is 3.36. The molecule has 0 saturated heterocycles. The highest BCUT2D eigenvalue weighted by atomic mass is 16.3. The molecule has 3 aromatic rings. The lowest BCUT2D eigenvalue weighted by Crippen LogP contribution is -2.17. The zero-order chi connectivity index (χ0) is 16.0. The molecule has 1 aromatic heterocycles. The van der Waals surface area contributed by atoms with E-state index in [1.165, 1.54) is 6.42 Å². The fourth-order valence-electron chi connectivity index (χ4n) is 3.36. The second kappa shape index (κ2) is 5.06. The van der Waals surface area contributed by atoms with E-state index < -0.39 is 0 Å². The lowest BCUT2D eigenvalue weighted by molar-refractivity contribution is 0.324. The van der Waals surface area contributed by atoms with Gasteiger partial charge in [-0.15, -0.1) is 0 Å². The molecule has 0 atom stereocenters. The minimum Gasteiger partial charge on any atom is -0.508 e. The van der Waals surface area contributed by atoms with Crippen LogP contribution in [0, 0.1) is 11.3 Å². The number of nitrogens with zero attached hydrogens (tertiary/aromatic N) is 2. The summed E-state index contributed by atoms with van der Waals surface area (Å²) in [5.41, 5.74) is 10.0. The summed E-state index contributed by atoms with van der Waals surface area (Å²) >= 11 is 0. The summed E-state index contributed by atoms with van der Waals surface area (Å²) in [4.78, 5) is 0. The first-order valence-corrected chi connectivity index (χ1v) is 7.82. The van der Waals surface area contributed by atoms with Crippen molar-refractivity contribution >= 4 is 16.6 Å². The molecule has 0 aliphatic heterocycles. The molecule has 4 heteroatoms. The average Bonchev–Trinajstić information content (AvgIpc) is 2.80. The first-order valence-electron chi connectivity index (χ1n) is 7.82. The zero-order valence-electron chi connectivity index (χ0n) is 12.7. The molecule has 1 fully saturated rings. The predicted molar refractivity (Wildman–Crippen MR) is 91.1 cm³/mol. The van der Waals surface area contributed by atoms with Gasteiger partial charge in [-0.25, -0.2) is 0 Å². The first kappa shape index (κ1) is 13.7. The van der Waals surface area contributed by atoms with Crippen LogP contribution in [0.1, 0.15) is 30.9 Å². The Morgan fingerprint density at radius 2 is 1.87 bits per heavy atom. The van der Waals surface area contributed by atoms with E-state index in [0.717, 1.165) is 35.0 Å². The molecule has 1 aliphatic carbocycles. The van der Waals surface area contributed by atoms with Crippen molar-refractivity contribution in [1.29, 1.82) is 5.26 Å². The summed E-state index contributed by atoms with van der Waals surface area (Å²) < 4.78 is 2.22. The van der Waals surface area contributed by atoms with Crippen LogP contribution in [0.5, 0.6) is 5.75 Å². The van der Waals surface area contributed by atoms with Crippen LogP contribution in [0.3, 0.4) is 0 Å². The van der Waals surface area contributed by atoms with Crippen molar-refractivity contribution < 1.29 is 5.11 Å². The number of rotatable bonds is 2. The molecule has 3 N–H and O–H groups in total. The number of phenols is 1. The number of aromatic hydroxyl groups is 1. The lowest BCUT2D eigenvalue weighted by Gasteiger charge is -2.30. The lowest BCUT2D eigenvalue weighted by atomic mass is 9.92. The van der Waals surface area contributed by atoms with E-state index in [1.807, 2.05) is 30.3 Å². The summed E-state index contributed by atoms with van der Waals surface area (Å²) in [6, 6.07) is 15.6. The van der Waals surface area contributed by atoms with E-state index in [-0.39, 0.29) is 5.75 Å². The van der Waals surface area contributed by atoms with E-state index >= 15 is 0 Å². The van der Waals surface area contributed by atoms with Gasteiger partial charge in [0.05, 0.1) is 16.8 Å². The van der Waals surface area contributed by atoms with Crippen molar-refractivity contribution in [2.45, 2.75) is 25.3 Å². The smallest absolute Gasteiger partial charge is 0.117 e. The Morgan fingerprint density at radius 1 is 1.13 bits per heavy atom. The summed E-state index contributed by atoms with van der Waals surface area (Å²) in [6.07, 6.45) is 3.41. The molecule has 0 unspecified atom stereocenters. The monoisotopic (exact) mass is 303 g/mol. The average molecular weight is 303 g/mol. The van der Waals surface area contributed by atoms with Crippen LogP contribution in [0.15, 0.2) is 42.5 Å². The second-order valence-corrected chi connectivity index (χ2v) is 6.11. The van der Waals surface area contributed by atoms with Gasteiger partial charge in [0.1, 0.15) is 11.8 Å². The number of aromatic nitrogens is 1. The van der Waals surface area contributed by atoms with E-state index in [2.05, 4.69) is 10.6 Å². The summed E-state index contributed by atoms with van der Waals surface area (Å²) in [7, 11) is 0. The number of benzene rings is 2. The van der Waals surface area contributed by atoms with Gasteiger partial charge in [-0.05, 0) is 49.1 Å². The van der Waals surface area contributed by atoms with E-state index in [1.54, 1.807) is 12.1 Å². The van der Waals surface area contributed by atoms with E-state index in [0.29, 0.717) is 17.3 Å². The minimum atomic E-state index is 0.226. The van der Waals surface area contributed by atoms with E-state index in [9.17, 15) is 10.4 Å². The van der Waals surface area contributed by atoms with Crippen molar-refractivity contribution in [3.05, 3.63) is 48.0 Å². The Hall–Kier alpha value is -2.93. The molecule has 0 bridgehead atoms. The van der Waals surface area contributed by atoms with Gasteiger partial charge in [0.25, 0.3) is 0 Å². The van der Waals surface area contributed by atoms with Crippen molar-refractivity contribution in [2.75, 3.05) is 5.73 Å². The Labute approximate surface area is 134 Å². The largest absolute Gasteiger partial charge is 0.508 e. The maximum Gasteiger partial charge on any atom is 0.117 e. The Balaban J connectivity index is 2.08. The number of hydrogen-bond donors (Lipinski definition) is 2. The van der Waals surface area contributed by atoms with Gasteiger partial charge in [-0.2, -0.15) is 5.26 Å². The summed E-state index contributed by atoms with van der Waals surface area (Å²) in [5, 5.41) is 20.5. The normalized spacial score (nSPS) is 14.6. The van der Waals surface area contributed by atoms with Crippen LogP contribution >= 0.6 is 0 Å². The maximum atomic E-state index is 9.89. The van der Waals surface area contributed by atoms with Crippen molar-refractivity contribution in [1.82, 2.24) is 4.57 Å². The highest BCUT2D eigenvalue weighted by molar-refractivity contribution is 5.95. The standard InChI is InChI=1S/C19H17N3O/c20-11-17-16-9-8-15(23)10-18(16)22(14-2-1-3-14)19(17)12-4-6-13(21)7-5-12/h4-10,14,23H,1-3,21H2. The summed E-state index contributed by atoms with van der Waals surface area (Å²) in [6.45, 7) is 0. The van der Waals surface area contributed by atoms with E-state index in [4.69, 9.17) is 5.73 Å². The Morgan fingerprint density at radius 3 is 2.48 bits per heavy atom. The molecular weight excluding hydrogens is 286 g/mol. The van der Waals surface area contributed by atoms with Crippen molar-refractivity contribution in [3.8, 4) is 23.1 Å². The third kappa shape index (κ3) is 2.05. The van der Waals surface area contributed by atoms with Crippen LogP contribution in [0.2, 0.25) is 0 Å². The summed E-state index contributed by atoms with van der Waals surface area (Å²) in [5.74, 6) is 0.226. The van der Waals surface area contributed by atoms with Gasteiger partial charge in [-0.1, -0.05) is 12.1 Å². The molecule has 1 saturated carbocycles. The molecule has 1 heterocycles. The van der Waals surface area contributed by atoms with Crippen LogP contribution in [-0.2, 0) is 0 Å². The van der Waals surface area contributed by atoms with Gasteiger partial charge in [0.2, 0.25) is 0 Å². The molecule has 2 aromatic carbocycles. The topological polar surface area (TPSA) is 75.0 Å². The molecule has 23 heavy (non-hydrogen) atoms. The highest BCUT2D eigenvalue weighted by Crippen LogP contribution is 2.43. The number of nitriles is 1. The predicted octanol–water partition coefficient (Wildman–Crippen LogP) is 4.19. The highest BCUT2D eigenvalue weighted by Gasteiger charge is 2.27. The third-order valence-electron chi connectivity index (χ3n) is 4.72. The Bertz CT molecular complexity index is 928. The number of fused-ring (bicyclic) bond motifs is 1. The quantitative estimate of drug-likeness (QED) is 0.697. The molecular formula is C19H17N3O. The maximum absolute atomic E-state index is 9.89. The Kier molecular flexibility index (Phi) is 3.02. The van der Waals surface area contributed by atoms with Crippen LogP contribution in [0.4, 0.5) is 5.69 Å². The van der Waals surface area contributed by atoms with Crippen LogP contribution < -0.4 is 5.73 Å². The fraction of sp³-hybridized carbons (Fsp3) is 0.211. The number of phenolic OH excluding ortho intramolecular Hbond substituents is 1. The first-order chi connectivity index (χ1) is 11.2. The van der Waals surface area contributed by atoms with Crippen LogP contribution in [0.25, 0.3) is 22.2 Å². The van der Waals surface area contributed by atoms with Crippen molar-refractivity contribution in [2.24, 2.45) is 0 Å². The molecule has 0 amide bonds. The zero-order valence-corrected chi connectivity index (χ0v) is 12.7. The second-order valence-electron chi connectivity index (χ2n) is 6.11. The van der Waals surface area contributed by atoms with Gasteiger partial charge in [0.15, 0.2) is 0 Å². The van der Waals surface area contributed by atoms with Crippen molar-refractivity contribution in [3.63, 3.8) is 0 Å². The minimum absolute atomic E-state index is 0.226. The van der Waals surface area contributed by atoms with Crippen LogP contribution in [-0.4, -0.2) is 9.67 Å². The number of nitrogen functional groups attached to an aromatic ring is 1. The molecule has 0 spiro atoms. The van der Waals surface area contributed by atoms with Gasteiger partial charge in [-0.3, -0.25) is 0 Å². The van der Waals surface area contributed by atoms with Gasteiger partial charge >= 0.3 is 0 Å². The third-order valence-corrected chi connectivity index (χ3v) is 4.72. The SMILES string of the molecule is N#Cc1c(-c2ccc(N)cc2)n(C2CCC2)c2cc(O)ccc12. The number of anilines is 1. The van der Waals surface area contributed by atoms with Gasteiger partial charge in [0, 0.05) is 23.2 Å². The molecule has 114 valence electrons.